The Morgan fingerprint density at radius 3 is 2.58 bits per heavy atom. The van der Waals surface area contributed by atoms with Gasteiger partial charge in [0, 0.05) is 11.3 Å². The van der Waals surface area contributed by atoms with E-state index in [0.29, 0.717) is 11.1 Å². The van der Waals surface area contributed by atoms with Gasteiger partial charge in [0.25, 0.3) is 10.0 Å². The summed E-state index contributed by atoms with van der Waals surface area (Å²) < 4.78 is 40.1. The summed E-state index contributed by atoms with van der Waals surface area (Å²) in [4.78, 5) is -0.496. The van der Waals surface area contributed by atoms with E-state index in [2.05, 4.69) is 14.9 Å². The molecule has 0 amide bonds. The fraction of sp³-hybridized carbons (Fsp3) is 0.182. The van der Waals surface area contributed by atoms with Crippen LogP contribution in [0.25, 0.3) is 0 Å². The third-order valence-corrected chi connectivity index (χ3v) is 4.04. The molecule has 102 valence electrons. The molecule has 0 saturated heterocycles. The molecule has 2 rings (SSSR count). The number of aromatic nitrogens is 2. The molecular weight excluding hydrogens is 271 g/mol. The first kappa shape index (κ1) is 13.3. The molecule has 0 bridgehead atoms. The number of aryl methyl sites for hydroxylation is 2. The van der Waals surface area contributed by atoms with Gasteiger partial charge in [-0.15, -0.1) is 0 Å². The van der Waals surface area contributed by atoms with Crippen molar-refractivity contribution in [2.75, 3.05) is 10.5 Å². The highest BCUT2D eigenvalue weighted by molar-refractivity contribution is 7.92. The first-order valence-corrected chi connectivity index (χ1v) is 6.88. The second kappa shape index (κ2) is 4.54. The molecule has 0 radical (unpaired) electrons. The maximum atomic E-state index is 13.8. The molecular formula is C11H13FN4O2S. The molecule has 8 heteroatoms. The summed E-state index contributed by atoms with van der Waals surface area (Å²) >= 11 is 0. The van der Waals surface area contributed by atoms with Crippen molar-refractivity contribution >= 4 is 21.5 Å². The van der Waals surface area contributed by atoms with Crippen LogP contribution >= 0.6 is 0 Å². The predicted octanol–water partition coefficient (Wildman–Crippen LogP) is 1.55. The van der Waals surface area contributed by atoms with Crippen molar-refractivity contribution in [1.29, 1.82) is 0 Å². The zero-order chi connectivity index (χ0) is 14.2. The third-order valence-electron chi connectivity index (χ3n) is 2.68. The Kier molecular flexibility index (Phi) is 3.19. The van der Waals surface area contributed by atoms with Crippen LogP contribution in [0.5, 0.6) is 0 Å². The summed E-state index contributed by atoms with van der Waals surface area (Å²) in [6.45, 7) is 3.27. The average Bonchev–Trinajstić information content (AvgIpc) is 2.69. The van der Waals surface area contributed by atoms with Crippen molar-refractivity contribution in [3.05, 3.63) is 35.3 Å². The Morgan fingerprint density at radius 2 is 2.00 bits per heavy atom. The highest BCUT2D eigenvalue weighted by atomic mass is 32.2. The minimum atomic E-state index is -4.05. The summed E-state index contributed by atoms with van der Waals surface area (Å²) in [6.07, 6.45) is 1.46. The minimum absolute atomic E-state index is 0.193. The summed E-state index contributed by atoms with van der Waals surface area (Å²) in [5.74, 6) is -0.657. The van der Waals surface area contributed by atoms with Gasteiger partial charge < -0.3 is 5.73 Å². The smallest absolute Gasteiger partial charge is 0.266 e. The Labute approximate surface area is 109 Å². The van der Waals surface area contributed by atoms with Crippen LogP contribution in [0.1, 0.15) is 11.1 Å². The highest BCUT2D eigenvalue weighted by Gasteiger charge is 2.21. The predicted molar refractivity (Wildman–Crippen MR) is 69.7 cm³/mol. The number of H-pyrrole nitrogens is 1. The summed E-state index contributed by atoms with van der Waals surface area (Å²) in [7, 11) is -4.05. The summed E-state index contributed by atoms with van der Waals surface area (Å²) in [5.41, 5.74) is 6.90. The van der Waals surface area contributed by atoms with Crippen LogP contribution < -0.4 is 10.5 Å². The van der Waals surface area contributed by atoms with Gasteiger partial charge in [0.1, 0.15) is 16.5 Å². The SMILES string of the molecule is Cc1cc(F)c(S(=O)(=O)Nc2[nH]ncc2C)cc1N. The number of anilines is 2. The number of nitrogens with one attached hydrogen (secondary N) is 2. The molecule has 0 aliphatic heterocycles. The van der Waals surface area contributed by atoms with Crippen LogP contribution in [0.4, 0.5) is 15.9 Å². The number of halogens is 1. The number of nitrogens with two attached hydrogens (primary N) is 1. The van der Waals surface area contributed by atoms with Gasteiger partial charge in [-0.05, 0) is 31.5 Å². The van der Waals surface area contributed by atoms with Crippen LogP contribution in [0.3, 0.4) is 0 Å². The summed E-state index contributed by atoms with van der Waals surface area (Å²) in [6, 6.07) is 2.18. The molecule has 1 aromatic carbocycles. The van der Waals surface area contributed by atoms with Gasteiger partial charge in [-0.1, -0.05) is 0 Å². The second-order valence-corrected chi connectivity index (χ2v) is 5.82. The normalized spacial score (nSPS) is 11.5. The first-order valence-electron chi connectivity index (χ1n) is 5.39. The Balaban J connectivity index is 2.46. The van der Waals surface area contributed by atoms with Gasteiger partial charge in [-0.3, -0.25) is 9.82 Å². The zero-order valence-corrected chi connectivity index (χ0v) is 11.2. The van der Waals surface area contributed by atoms with Gasteiger partial charge in [0.15, 0.2) is 0 Å². The number of rotatable bonds is 3. The maximum Gasteiger partial charge on any atom is 0.266 e. The quantitative estimate of drug-likeness (QED) is 0.744. The molecule has 19 heavy (non-hydrogen) atoms. The van der Waals surface area contributed by atoms with E-state index < -0.39 is 20.7 Å². The van der Waals surface area contributed by atoms with E-state index in [1.165, 1.54) is 6.20 Å². The maximum absolute atomic E-state index is 13.8. The van der Waals surface area contributed by atoms with Crippen molar-refractivity contribution in [3.8, 4) is 0 Å². The van der Waals surface area contributed by atoms with E-state index in [0.717, 1.165) is 12.1 Å². The highest BCUT2D eigenvalue weighted by Crippen LogP contribution is 2.23. The van der Waals surface area contributed by atoms with Gasteiger partial charge in [0.05, 0.1) is 6.20 Å². The lowest BCUT2D eigenvalue weighted by atomic mass is 10.2. The van der Waals surface area contributed by atoms with Crippen LogP contribution in [0.2, 0.25) is 0 Å². The Hall–Kier alpha value is -2.09. The monoisotopic (exact) mass is 284 g/mol. The molecule has 0 unspecified atom stereocenters. The molecule has 2 aromatic rings. The van der Waals surface area contributed by atoms with E-state index >= 15 is 0 Å². The van der Waals surface area contributed by atoms with Crippen molar-refractivity contribution in [2.24, 2.45) is 0 Å². The van der Waals surface area contributed by atoms with E-state index in [9.17, 15) is 12.8 Å². The van der Waals surface area contributed by atoms with Crippen LogP contribution in [-0.4, -0.2) is 18.6 Å². The van der Waals surface area contributed by atoms with E-state index in [-0.39, 0.29) is 11.5 Å². The summed E-state index contributed by atoms with van der Waals surface area (Å²) in [5, 5.41) is 6.17. The minimum Gasteiger partial charge on any atom is -0.398 e. The van der Waals surface area contributed by atoms with Crippen LogP contribution in [0.15, 0.2) is 23.2 Å². The molecule has 0 saturated carbocycles. The fourth-order valence-corrected chi connectivity index (χ4v) is 2.70. The number of nitrogen functional groups attached to an aromatic ring is 1. The Morgan fingerprint density at radius 1 is 1.32 bits per heavy atom. The molecule has 0 fully saturated rings. The van der Waals surface area contributed by atoms with Gasteiger partial charge in [-0.25, -0.2) is 12.8 Å². The van der Waals surface area contributed by atoms with Gasteiger partial charge >= 0.3 is 0 Å². The topological polar surface area (TPSA) is 101 Å². The van der Waals surface area contributed by atoms with E-state index in [1.807, 2.05) is 0 Å². The lowest BCUT2D eigenvalue weighted by Gasteiger charge is -2.10. The van der Waals surface area contributed by atoms with Crippen molar-refractivity contribution in [1.82, 2.24) is 10.2 Å². The molecule has 0 aliphatic rings. The van der Waals surface area contributed by atoms with Crippen LogP contribution in [-0.2, 0) is 10.0 Å². The Bertz CT molecular complexity index is 724. The fourth-order valence-electron chi connectivity index (χ4n) is 1.51. The number of sulfonamides is 1. The number of hydrogen-bond acceptors (Lipinski definition) is 4. The molecule has 0 atom stereocenters. The number of benzene rings is 1. The lowest BCUT2D eigenvalue weighted by Crippen LogP contribution is -2.16. The van der Waals surface area contributed by atoms with E-state index in [1.54, 1.807) is 13.8 Å². The average molecular weight is 284 g/mol. The van der Waals surface area contributed by atoms with Crippen LogP contribution in [0, 0.1) is 19.7 Å². The molecule has 1 aromatic heterocycles. The third kappa shape index (κ3) is 2.53. The van der Waals surface area contributed by atoms with Crippen molar-refractivity contribution in [3.63, 3.8) is 0 Å². The molecule has 0 spiro atoms. The van der Waals surface area contributed by atoms with Gasteiger partial charge in [-0.2, -0.15) is 5.10 Å². The largest absolute Gasteiger partial charge is 0.398 e. The first-order chi connectivity index (χ1) is 8.81. The number of aromatic amines is 1. The number of hydrogen-bond donors (Lipinski definition) is 3. The molecule has 6 nitrogen and oxygen atoms in total. The molecule has 4 N–H and O–H groups in total. The zero-order valence-electron chi connectivity index (χ0n) is 10.4. The molecule has 0 aliphatic carbocycles. The van der Waals surface area contributed by atoms with E-state index in [4.69, 9.17) is 5.73 Å². The molecule has 1 heterocycles. The number of nitrogens with zero attached hydrogens (tertiary/aromatic N) is 1. The second-order valence-electron chi connectivity index (χ2n) is 4.17. The van der Waals surface area contributed by atoms with Gasteiger partial charge in [0.2, 0.25) is 0 Å². The standard InChI is InChI=1S/C11H13FN4O2S/c1-6-3-8(12)10(4-9(6)13)19(17,18)16-11-7(2)5-14-15-11/h3-5H,13H2,1-2H3,(H2,14,15,16). The van der Waals surface area contributed by atoms with Crippen molar-refractivity contribution < 1.29 is 12.8 Å². The lowest BCUT2D eigenvalue weighted by molar-refractivity contribution is 0.570. The van der Waals surface area contributed by atoms with Crippen molar-refractivity contribution in [2.45, 2.75) is 18.7 Å².